The van der Waals surface area contributed by atoms with Gasteiger partial charge in [-0.25, -0.2) is 9.18 Å². The molecule has 7 heteroatoms. The summed E-state index contributed by atoms with van der Waals surface area (Å²) in [5, 5.41) is 5.44. The zero-order chi connectivity index (χ0) is 22.1. The van der Waals surface area contributed by atoms with E-state index >= 15 is 0 Å². The van der Waals surface area contributed by atoms with Crippen LogP contribution in [-0.4, -0.2) is 55.0 Å². The number of hydrogen-bond donors (Lipinski definition) is 2. The molecule has 2 N–H and O–H groups in total. The minimum absolute atomic E-state index is 0.103. The highest BCUT2D eigenvalue weighted by molar-refractivity contribution is 5.93. The monoisotopic (exact) mass is 414 g/mol. The third kappa shape index (κ3) is 7.48. The summed E-state index contributed by atoms with van der Waals surface area (Å²) in [6.45, 7) is 5.52. The number of hydrogen-bond acceptors (Lipinski definition) is 3. The molecule has 162 valence electrons. The predicted molar refractivity (Wildman–Crippen MR) is 118 cm³/mol. The Labute approximate surface area is 178 Å². The summed E-state index contributed by atoms with van der Waals surface area (Å²) < 4.78 is 13.1. The smallest absolute Gasteiger partial charge is 0.319 e. The zero-order valence-electron chi connectivity index (χ0n) is 18.1. The van der Waals surface area contributed by atoms with E-state index in [0.717, 1.165) is 5.56 Å². The van der Waals surface area contributed by atoms with Crippen molar-refractivity contribution in [3.63, 3.8) is 0 Å². The lowest BCUT2D eigenvalue weighted by molar-refractivity contribution is -0.135. The predicted octanol–water partition coefficient (Wildman–Crippen LogP) is 3.56. The Balaban J connectivity index is 2.11. The van der Waals surface area contributed by atoms with Gasteiger partial charge < -0.3 is 20.4 Å². The van der Waals surface area contributed by atoms with E-state index in [0.29, 0.717) is 25.3 Å². The van der Waals surface area contributed by atoms with Crippen LogP contribution in [0.25, 0.3) is 0 Å². The number of carbonyl (C=O) groups is 2. The molecule has 1 atom stereocenters. The van der Waals surface area contributed by atoms with Gasteiger partial charge in [0.1, 0.15) is 11.9 Å². The standard InChI is InChI=1S/C23H31FN4O2/c1-17(2)21(26-23(30)25-20-12-10-19(24)11-13-20)22(29)28(15-14-27(3)4)16-18-8-6-5-7-9-18/h5-13,17,21H,14-16H2,1-4H3,(H2,25,26,30)/t21-/m0/s1. The van der Waals surface area contributed by atoms with Crippen LogP contribution in [0.4, 0.5) is 14.9 Å². The Hall–Kier alpha value is -2.93. The molecule has 0 aliphatic carbocycles. The van der Waals surface area contributed by atoms with E-state index in [9.17, 15) is 14.0 Å². The number of benzene rings is 2. The Morgan fingerprint density at radius 1 is 0.967 bits per heavy atom. The maximum absolute atomic E-state index is 13.3. The molecule has 0 aliphatic rings. The summed E-state index contributed by atoms with van der Waals surface area (Å²) in [5.74, 6) is -0.618. The third-order valence-electron chi connectivity index (χ3n) is 4.67. The van der Waals surface area contributed by atoms with Crippen LogP contribution in [0.1, 0.15) is 19.4 Å². The van der Waals surface area contributed by atoms with Gasteiger partial charge in [-0.3, -0.25) is 4.79 Å². The van der Waals surface area contributed by atoms with Crippen LogP contribution in [0.2, 0.25) is 0 Å². The number of nitrogens with one attached hydrogen (secondary N) is 2. The molecular formula is C23H31FN4O2. The normalized spacial score (nSPS) is 12.0. The average Bonchev–Trinajstić information content (AvgIpc) is 2.71. The molecule has 3 amide bonds. The van der Waals surface area contributed by atoms with E-state index in [4.69, 9.17) is 0 Å². The van der Waals surface area contributed by atoms with Crippen LogP contribution in [-0.2, 0) is 11.3 Å². The van der Waals surface area contributed by atoms with Gasteiger partial charge in [0.25, 0.3) is 0 Å². The van der Waals surface area contributed by atoms with E-state index in [2.05, 4.69) is 10.6 Å². The van der Waals surface area contributed by atoms with Gasteiger partial charge in [0, 0.05) is 25.3 Å². The lowest BCUT2D eigenvalue weighted by Gasteiger charge is -2.31. The van der Waals surface area contributed by atoms with Gasteiger partial charge >= 0.3 is 6.03 Å². The molecule has 0 bridgehead atoms. The van der Waals surface area contributed by atoms with Crippen LogP contribution < -0.4 is 10.6 Å². The van der Waals surface area contributed by atoms with Crippen LogP contribution in [0.15, 0.2) is 54.6 Å². The van der Waals surface area contributed by atoms with Crippen molar-refractivity contribution >= 4 is 17.6 Å². The second-order valence-electron chi connectivity index (χ2n) is 7.88. The molecule has 0 radical (unpaired) electrons. The summed E-state index contributed by atoms with van der Waals surface area (Å²) in [7, 11) is 3.92. The first-order chi connectivity index (χ1) is 14.3. The minimum Gasteiger partial charge on any atom is -0.335 e. The summed E-state index contributed by atoms with van der Waals surface area (Å²) in [5.41, 5.74) is 1.49. The maximum Gasteiger partial charge on any atom is 0.319 e. The number of nitrogens with zero attached hydrogens (tertiary/aromatic N) is 2. The van der Waals surface area contributed by atoms with Crippen molar-refractivity contribution in [3.05, 3.63) is 66.0 Å². The molecular weight excluding hydrogens is 383 g/mol. The number of rotatable bonds is 9. The molecule has 0 heterocycles. The lowest BCUT2D eigenvalue weighted by Crippen LogP contribution is -2.53. The fraction of sp³-hybridized carbons (Fsp3) is 0.391. The van der Waals surface area contributed by atoms with Crippen LogP contribution >= 0.6 is 0 Å². The van der Waals surface area contributed by atoms with E-state index in [1.165, 1.54) is 24.3 Å². The number of carbonyl (C=O) groups excluding carboxylic acids is 2. The second kappa shape index (κ2) is 11.3. The highest BCUT2D eigenvalue weighted by Crippen LogP contribution is 2.13. The molecule has 2 rings (SSSR count). The van der Waals surface area contributed by atoms with Crippen molar-refractivity contribution in [2.75, 3.05) is 32.5 Å². The van der Waals surface area contributed by atoms with E-state index < -0.39 is 12.1 Å². The topological polar surface area (TPSA) is 64.7 Å². The summed E-state index contributed by atoms with van der Waals surface area (Å²) in [6, 6.07) is 14.1. The first kappa shape index (κ1) is 23.3. The number of likely N-dealkylation sites (N-methyl/N-ethyl adjacent to an activating group) is 1. The maximum atomic E-state index is 13.3. The fourth-order valence-electron chi connectivity index (χ4n) is 2.94. The Morgan fingerprint density at radius 3 is 2.17 bits per heavy atom. The highest BCUT2D eigenvalue weighted by atomic mass is 19.1. The summed E-state index contributed by atoms with van der Waals surface area (Å²) in [6.07, 6.45) is 0. The second-order valence-corrected chi connectivity index (χ2v) is 7.88. The molecule has 0 unspecified atom stereocenters. The van der Waals surface area contributed by atoms with Gasteiger partial charge in [0.15, 0.2) is 0 Å². The number of halogens is 1. The van der Waals surface area contributed by atoms with Gasteiger partial charge in [0.2, 0.25) is 5.91 Å². The molecule has 0 spiro atoms. The van der Waals surface area contributed by atoms with Crippen molar-refractivity contribution in [1.82, 2.24) is 15.1 Å². The molecule has 0 saturated heterocycles. The largest absolute Gasteiger partial charge is 0.335 e. The first-order valence-electron chi connectivity index (χ1n) is 10.1. The first-order valence-corrected chi connectivity index (χ1v) is 10.1. The van der Waals surface area contributed by atoms with Crippen molar-refractivity contribution < 1.29 is 14.0 Å². The Kier molecular flexibility index (Phi) is 8.80. The molecule has 0 aromatic heterocycles. The molecule has 2 aromatic carbocycles. The van der Waals surface area contributed by atoms with Crippen molar-refractivity contribution in [2.24, 2.45) is 5.92 Å². The van der Waals surface area contributed by atoms with Crippen LogP contribution in [0.3, 0.4) is 0 Å². The zero-order valence-corrected chi connectivity index (χ0v) is 18.1. The highest BCUT2D eigenvalue weighted by Gasteiger charge is 2.28. The van der Waals surface area contributed by atoms with Gasteiger partial charge in [0.05, 0.1) is 0 Å². The molecule has 6 nitrogen and oxygen atoms in total. The Morgan fingerprint density at radius 2 is 1.60 bits per heavy atom. The van der Waals surface area contributed by atoms with E-state index in [1.54, 1.807) is 4.90 Å². The summed E-state index contributed by atoms with van der Waals surface area (Å²) in [4.78, 5) is 29.6. The molecule has 0 aliphatic heterocycles. The quantitative estimate of drug-likeness (QED) is 0.659. The van der Waals surface area contributed by atoms with Crippen molar-refractivity contribution in [3.8, 4) is 0 Å². The van der Waals surface area contributed by atoms with Gasteiger partial charge in [-0.2, -0.15) is 0 Å². The number of amides is 3. The van der Waals surface area contributed by atoms with Gasteiger partial charge in [-0.15, -0.1) is 0 Å². The molecule has 30 heavy (non-hydrogen) atoms. The van der Waals surface area contributed by atoms with Crippen LogP contribution in [0, 0.1) is 11.7 Å². The SMILES string of the molecule is CC(C)[C@H](NC(=O)Nc1ccc(F)cc1)C(=O)N(CCN(C)C)Cc1ccccc1. The minimum atomic E-state index is -0.684. The number of urea groups is 1. The third-order valence-corrected chi connectivity index (χ3v) is 4.67. The van der Waals surface area contributed by atoms with Crippen molar-refractivity contribution in [2.45, 2.75) is 26.4 Å². The number of anilines is 1. The summed E-state index contributed by atoms with van der Waals surface area (Å²) >= 11 is 0. The van der Waals surface area contributed by atoms with E-state index in [1.807, 2.05) is 63.2 Å². The van der Waals surface area contributed by atoms with E-state index in [-0.39, 0.29) is 17.6 Å². The lowest BCUT2D eigenvalue weighted by atomic mass is 10.0. The average molecular weight is 415 g/mol. The molecule has 0 fully saturated rings. The van der Waals surface area contributed by atoms with Gasteiger partial charge in [-0.05, 0) is 49.8 Å². The fourth-order valence-corrected chi connectivity index (χ4v) is 2.94. The Bertz CT molecular complexity index is 810. The molecule has 0 saturated carbocycles. The van der Waals surface area contributed by atoms with Crippen LogP contribution in [0.5, 0.6) is 0 Å². The molecule has 2 aromatic rings. The van der Waals surface area contributed by atoms with Gasteiger partial charge in [-0.1, -0.05) is 44.2 Å². The van der Waals surface area contributed by atoms with Crippen molar-refractivity contribution in [1.29, 1.82) is 0 Å².